The number of aliphatic hydroxyl groups excluding tert-OH is 1. The molecule has 1 rings (SSSR count). The molecule has 0 saturated heterocycles. The van der Waals surface area contributed by atoms with Crippen molar-refractivity contribution in [2.45, 2.75) is 77.6 Å². The van der Waals surface area contributed by atoms with Crippen molar-refractivity contribution < 1.29 is 9.90 Å². The van der Waals surface area contributed by atoms with Crippen molar-refractivity contribution in [3.63, 3.8) is 0 Å². The van der Waals surface area contributed by atoms with Gasteiger partial charge >= 0.3 is 0 Å². The fourth-order valence-electron chi connectivity index (χ4n) is 3.18. The van der Waals surface area contributed by atoms with Crippen LogP contribution >= 0.6 is 0 Å². The van der Waals surface area contributed by atoms with E-state index in [1.807, 2.05) is 0 Å². The molecule has 1 N–H and O–H groups in total. The third kappa shape index (κ3) is 6.69. The van der Waals surface area contributed by atoms with Crippen molar-refractivity contribution in [2.75, 3.05) is 6.61 Å². The van der Waals surface area contributed by atoms with Crippen molar-refractivity contribution in [3.8, 4) is 0 Å². The summed E-state index contributed by atoms with van der Waals surface area (Å²) in [7, 11) is 0. The van der Waals surface area contributed by atoms with Crippen molar-refractivity contribution in [2.24, 2.45) is 11.8 Å². The molecule has 1 aliphatic rings. The Labute approximate surface area is 124 Å². The van der Waals surface area contributed by atoms with Gasteiger partial charge in [0.15, 0.2) is 0 Å². The number of carbonyl (C=O) groups is 1. The first-order chi connectivity index (χ1) is 9.79. The van der Waals surface area contributed by atoms with Gasteiger partial charge in [0.1, 0.15) is 5.78 Å². The standard InChI is InChI=1S/C18H32O2/c1-2-3-4-5-6-7-11-16-12-10-14-18(20)17(16)13-8-9-15-19/h7,11,16-17,19H,2-6,8-10,12-15H2,1H3/b11-7+/t16-,17?/m0/s1. The minimum absolute atomic E-state index is 0.224. The van der Waals surface area contributed by atoms with Gasteiger partial charge in [-0.1, -0.05) is 44.8 Å². The molecule has 20 heavy (non-hydrogen) atoms. The summed E-state index contributed by atoms with van der Waals surface area (Å²) in [6.45, 7) is 2.49. The van der Waals surface area contributed by atoms with Crippen LogP contribution in [0.1, 0.15) is 77.6 Å². The molecule has 0 radical (unpaired) electrons. The van der Waals surface area contributed by atoms with E-state index in [1.165, 1.54) is 32.1 Å². The molecule has 2 atom stereocenters. The smallest absolute Gasteiger partial charge is 0.136 e. The summed E-state index contributed by atoms with van der Waals surface area (Å²) >= 11 is 0. The number of allylic oxidation sites excluding steroid dienone is 2. The van der Waals surface area contributed by atoms with E-state index in [4.69, 9.17) is 5.11 Å². The molecular weight excluding hydrogens is 248 g/mol. The molecule has 0 aromatic heterocycles. The lowest BCUT2D eigenvalue weighted by Gasteiger charge is -2.28. The molecule has 1 saturated carbocycles. The van der Waals surface area contributed by atoms with E-state index < -0.39 is 0 Å². The zero-order valence-corrected chi connectivity index (χ0v) is 13.2. The first-order valence-electron chi connectivity index (χ1n) is 8.59. The summed E-state index contributed by atoms with van der Waals surface area (Å²) in [6.07, 6.45) is 16.8. The van der Waals surface area contributed by atoms with Gasteiger partial charge in [-0.2, -0.15) is 0 Å². The highest BCUT2D eigenvalue weighted by molar-refractivity contribution is 5.82. The summed E-state index contributed by atoms with van der Waals surface area (Å²) in [5.41, 5.74) is 0. The molecule has 0 heterocycles. The van der Waals surface area contributed by atoms with E-state index in [9.17, 15) is 4.79 Å². The van der Waals surface area contributed by atoms with E-state index in [0.29, 0.717) is 11.7 Å². The second-order valence-corrected chi connectivity index (χ2v) is 6.13. The Bertz CT molecular complexity index is 283. The molecule has 2 nitrogen and oxygen atoms in total. The Morgan fingerprint density at radius 1 is 1.20 bits per heavy atom. The third-order valence-electron chi connectivity index (χ3n) is 4.42. The topological polar surface area (TPSA) is 37.3 Å². The van der Waals surface area contributed by atoms with Gasteiger partial charge in [0.2, 0.25) is 0 Å². The van der Waals surface area contributed by atoms with Crippen LogP contribution in [-0.2, 0) is 4.79 Å². The summed E-state index contributed by atoms with van der Waals surface area (Å²) < 4.78 is 0. The quantitative estimate of drug-likeness (QED) is 0.467. The maximum Gasteiger partial charge on any atom is 0.136 e. The highest BCUT2D eigenvalue weighted by Gasteiger charge is 2.29. The van der Waals surface area contributed by atoms with Gasteiger partial charge in [-0.05, 0) is 44.4 Å². The minimum atomic E-state index is 0.224. The van der Waals surface area contributed by atoms with E-state index in [-0.39, 0.29) is 12.5 Å². The van der Waals surface area contributed by atoms with Crippen molar-refractivity contribution in [1.29, 1.82) is 0 Å². The highest BCUT2D eigenvalue weighted by atomic mass is 16.2. The van der Waals surface area contributed by atoms with E-state index >= 15 is 0 Å². The molecule has 0 amide bonds. The number of rotatable bonds is 10. The predicted molar refractivity (Wildman–Crippen MR) is 84.7 cm³/mol. The van der Waals surface area contributed by atoms with Gasteiger partial charge < -0.3 is 5.11 Å². The molecule has 116 valence electrons. The zero-order valence-electron chi connectivity index (χ0n) is 13.2. The molecule has 0 aromatic rings. The minimum Gasteiger partial charge on any atom is -0.396 e. The molecule has 0 aromatic carbocycles. The summed E-state index contributed by atoms with van der Waals surface area (Å²) in [5.74, 6) is 1.14. The Morgan fingerprint density at radius 3 is 2.80 bits per heavy atom. The molecular formula is C18H32O2. The Kier molecular flexibility index (Phi) is 9.65. The molecule has 1 fully saturated rings. The first-order valence-corrected chi connectivity index (χ1v) is 8.59. The highest BCUT2D eigenvalue weighted by Crippen LogP contribution is 2.32. The van der Waals surface area contributed by atoms with Crippen LogP contribution < -0.4 is 0 Å². The predicted octanol–water partition coefficient (Wildman–Crippen LogP) is 4.66. The molecule has 0 spiro atoms. The van der Waals surface area contributed by atoms with Crippen LogP contribution in [0, 0.1) is 11.8 Å². The maximum absolute atomic E-state index is 12.1. The van der Waals surface area contributed by atoms with Crippen molar-refractivity contribution in [3.05, 3.63) is 12.2 Å². The van der Waals surface area contributed by atoms with Crippen LogP contribution in [0.15, 0.2) is 12.2 Å². The number of hydrogen-bond donors (Lipinski definition) is 1. The SMILES string of the molecule is CCCCCC/C=C/[C@H]1CCCC(=O)C1CCCCO. The average molecular weight is 280 g/mol. The van der Waals surface area contributed by atoms with Gasteiger partial charge in [-0.15, -0.1) is 0 Å². The van der Waals surface area contributed by atoms with E-state index in [0.717, 1.165) is 38.5 Å². The van der Waals surface area contributed by atoms with Crippen LogP contribution in [0.3, 0.4) is 0 Å². The van der Waals surface area contributed by atoms with Crippen LogP contribution in [0.2, 0.25) is 0 Å². The lowest BCUT2D eigenvalue weighted by molar-refractivity contribution is -0.126. The second-order valence-electron chi connectivity index (χ2n) is 6.13. The number of aliphatic hydroxyl groups is 1. The number of ketones is 1. The molecule has 1 aliphatic carbocycles. The number of Topliss-reactive ketones (excluding diaryl/α,β-unsaturated/α-hetero) is 1. The first kappa shape index (κ1) is 17.4. The summed E-state index contributed by atoms with van der Waals surface area (Å²) in [6, 6.07) is 0. The van der Waals surface area contributed by atoms with E-state index in [2.05, 4.69) is 19.1 Å². The number of hydrogen-bond acceptors (Lipinski definition) is 2. The van der Waals surface area contributed by atoms with Gasteiger partial charge in [0, 0.05) is 18.9 Å². The average Bonchev–Trinajstić information content (AvgIpc) is 2.45. The van der Waals surface area contributed by atoms with Crippen LogP contribution in [0.4, 0.5) is 0 Å². The zero-order chi connectivity index (χ0) is 14.6. The second kappa shape index (κ2) is 11.1. The molecule has 1 unspecified atom stereocenters. The lowest BCUT2D eigenvalue weighted by atomic mass is 9.75. The van der Waals surface area contributed by atoms with Crippen LogP contribution in [-0.4, -0.2) is 17.5 Å². The fraction of sp³-hybridized carbons (Fsp3) is 0.833. The van der Waals surface area contributed by atoms with Crippen LogP contribution in [0.25, 0.3) is 0 Å². The third-order valence-corrected chi connectivity index (χ3v) is 4.42. The largest absolute Gasteiger partial charge is 0.396 e. The molecule has 2 heteroatoms. The molecule has 0 bridgehead atoms. The van der Waals surface area contributed by atoms with Crippen molar-refractivity contribution in [1.82, 2.24) is 0 Å². The van der Waals surface area contributed by atoms with Gasteiger partial charge in [-0.3, -0.25) is 4.79 Å². The lowest BCUT2D eigenvalue weighted by Crippen LogP contribution is -2.27. The van der Waals surface area contributed by atoms with Gasteiger partial charge in [0.05, 0.1) is 0 Å². The summed E-state index contributed by atoms with van der Waals surface area (Å²) in [5, 5.41) is 8.87. The normalized spacial score (nSPS) is 23.6. The maximum atomic E-state index is 12.1. The molecule has 0 aliphatic heterocycles. The number of carbonyl (C=O) groups excluding carboxylic acids is 1. The summed E-state index contributed by atoms with van der Waals surface area (Å²) in [4.78, 5) is 12.1. The number of unbranched alkanes of at least 4 members (excludes halogenated alkanes) is 5. The van der Waals surface area contributed by atoms with Gasteiger partial charge in [-0.25, -0.2) is 0 Å². The van der Waals surface area contributed by atoms with Gasteiger partial charge in [0.25, 0.3) is 0 Å². The Morgan fingerprint density at radius 2 is 2.05 bits per heavy atom. The Balaban J connectivity index is 2.34. The fourth-order valence-corrected chi connectivity index (χ4v) is 3.18. The van der Waals surface area contributed by atoms with E-state index in [1.54, 1.807) is 0 Å². The van der Waals surface area contributed by atoms with Crippen molar-refractivity contribution >= 4 is 5.78 Å². The van der Waals surface area contributed by atoms with Crippen LogP contribution in [0.5, 0.6) is 0 Å². The monoisotopic (exact) mass is 280 g/mol. The Hall–Kier alpha value is -0.630.